The van der Waals surface area contributed by atoms with Gasteiger partial charge in [-0.15, -0.1) is 10.2 Å². The lowest BCUT2D eigenvalue weighted by Crippen LogP contribution is -2.44. The maximum Gasteiger partial charge on any atom is 0.161 e. The smallest absolute Gasteiger partial charge is 0.161 e. The van der Waals surface area contributed by atoms with Crippen molar-refractivity contribution in [2.45, 2.75) is 26.1 Å². The zero-order valence-corrected chi connectivity index (χ0v) is 16.9. The molecule has 1 aromatic heterocycles. The van der Waals surface area contributed by atoms with Gasteiger partial charge in [0, 0.05) is 35.5 Å². The first-order chi connectivity index (χ1) is 14.0. The standard InChI is InChI=1S/C22H25N5O2/c1-13-4-6-18-20(29-26(3)21(18)23)19(13)15-5-7-17-16(10-15)11-24-25-22(17)27-8-9-28-12-14(27)2/h4-7,10-11,14,21H,8-9,12,23H2,1-3H3/t14-,21?/m0/s1. The van der Waals surface area contributed by atoms with Gasteiger partial charge in [0.15, 0.2) is 11.6 Å². The average molecular weight is 391 g/mol. The first-order valence-electron chi connectivity index (χ1n) is 9.94. The number of aryl methyl sites for hydroxylation is 1. The fraction of sp³-hybridized carbons (Fsp3) is 0.364. The van der Waals surface area contributed by atoms with E-state index in [1.54, 1.807) is 5.06 Å². The van der Waals surface area contributed by atoms with Crippen LogP contribution in [0.4, 0.5) is 5.82 Å². The summed E-state index contributed by atoms with van der Waals surface area (Å²) in [5, 5.41) is 12.6. The van der Waals surface area contributed by atoms with Crippen LogP contribution in [-0.4, -0.2) is 48.1 Å². The molecule has 7 nitrogen and oxygen atoms in total. The van der Waals surface area contributed by atoms with E-state index in [9.17, 15) is 0 Å². The third-order valence-corrected chi connectivity index (χ3v) is 5.91. The first-order valence-corrected chi connectivity index (χ1v) is 9.94. The van der Waals surface area contributed by atoms with Gasteiger partial charge in [-0.05, 0) is 37.1 Å². The maximum atomic E-state index is 6.26. The second kappa shape index (κ2) is 6.95. The van der Waals surface area contributed by atoms with Crippen molar-refractivity contribution in [2.24, 2.45) is 5.73 Å². The number of morpholine rings is 1. The average Bonchev–Trinajstić information content (AvgIpc) is 3.01. The van der Waals surface area contributed by atoms with E-state index in [2.05, 4.69) is 53.2 Å². The third kappa shape index (κ3) is 2.93. The minimum Gasteiger partial charge on any atom is -0.403 e. The number of anilines is 1. The Hall–Kier alpha value is -2.74. The molecule has 0 spiro atoms. The predicted molar refractivity (Wildman–Crippen MR) is 113 cm³/mol. The Morgan fingerprint density at radius 3 is 2.90 bits per heavy atom. The summed E-state index contributed by atoms with van der Waals surface area (Å²) in [4.78, 5) is 8.27. The lowest BCUT2D eigenvalue weighted by atomic mass is 9.94. The Morgan fingerprint density at radius 2 is 2.07 bits per heavy atom. The monoisotopic (exact) mass is 391 g/mol. The lowest BCUT2D eigenvalue weighted by Gasteiger charge is -2.34. The summed E-state index contributed by atoms with van der Waals surface area (Å²) in [5.74, 6) is 1.75. The fourth-order valence-electron chi connectivity index (χ4n) is 4.27. The largest absolute Gasteiger partial charge is 0.403 e. The maximum absolute atomic E-state index is 6.26. The first kappa shape index (κ1) is 18.3. The van der Waals surface area contributed by atoms with E-state index in [1.807, 2.05) is 19.3 Å². The van der Waals surface area contributed by atoms with Gasteiger partial charge < -0.3 is 20.2 Å². The van der Waals surface area contributed by atoms with Crippen LogP contribution in [0.5, 0.6) is 5.75 Å². The molecule has 7 heteroatoms. The summed E-state index contributed by atoms with van der Waals surface area (Å²) in [7, 11) is 1.86. The highest BCUT2D eigenvalue weighted by Crippen LogP contribution is 2.44. The van der Waals surface area contributed by atoms with Gasteiger partial charge in [0.2, 0.25) is 0 Å². The third-order valence-electron chi connectivity index (χ3n) is 5.91. The molecule has 3 aromatic rings. The molecular formula is C22H25N5O2. The van der Waals surface area contributed by atoms with E-state index < -0.39 is 0 Å². The highest BCUT2D eigenvalue weighted by molar-refractivity contribution is 5.95. The molecule has 0 saturated carbocycles. The van der Waals surface area contributed by atoms with Crippen LogP contribution in [0.3, 0.4) is 0 Å². The van der Waals surface area contributed by atoms with E-state index in [0.29, 0.717) is 13.2 Å². The van der Waals surface area contributed by atoms with Gasteiger partial charge in [-0.1, -0.05) is 18.2 Å². The highest BCUT2D eigenvalue weighted by atomic mass is 16.7. The molecule has 150 valence electrons. The molecule has 2 aromatic carbocycles. The Morgan fingerprint density at radius 1 is 1.21 bits per heavy atom. The molecule has 0 aliphatic carbocycles. The summed E-state index contributed by atoms with van der Waals surface area (Å²) in [6.07, 6.45) is 1.56. The normalized spacial score (nSPS) is 22.0. The molecule has 1 saturated heterocycles. The number of nitrogens with zero attached hydrogens (tertiary/aromatic N) is 4. The summed E-state index contributed by atoms with van der Waals surface area (Å²) >= 11 is 0. The number of nitrogens with two attached hydrogens (primary N) is 1. The van der Waals surface area contributed by atoms with E-state index in [-0.39, 0.29) is 12.2 Å². The minimum atomic E-state index is -0.259. The van der Waals surface area contributed by atoms with Crippen LogP contribution in [0, 0.1) is 6.92 Å². The van der Waals surface area contributed by atoms with Crippen LogP contribution in [0.25, 0.3) is 21.9 Å². The zero-order valence-electron chi connectivity index (χ0n) is 16.9. The Balaban J connectivity index is 1.63. The van der Waals surface area contributed by atoms with Gasteiger partial charge in [0.25, 0.3) is 0 Å². The van der Waals surface area contributed by atoms with Crippen molar-refractivity contribution in [1.82, 2.24) is 15.3 Å². The van der Waals surface area contributed by atoms with Crippen LogP contribution >= 0.6 is 0 Å². The van der Waals surface area contributed by atoms with Crippen molar-refractivity contribution in [3.8, 4) is 16.9 Å². The molecule has 5 rings (SSSR count). The number of aromatic nitrogens is 2. The number of fused-ring (bicyclic) bond motifs is 2. The predicted octanol–water partition coefficient (Wildman–Crippen LogP) is 3.03. The van der Waals surface area contributed by atoms with Crippen LogP contribution in [-0.2, 0) is 4.74 Å². The zero-order chi connectivity index (χ0) is 20.1. The van der Waals surface area contributed by atoms with Crippen molar-refractivity contribution < 1.29 is 9.57 Å². The fourth-order valence-corrected chi connectivity index (χ4v) is 4.27. The van der Waals surface area contributed by atoms with Crippen LogP contribution in [0.2, 0.25) is 0 Å². The number of hydroxylamine groups is 2. The molecule has 1 unspecified atom stereocenters. The number of rotatable bonds is 2. The number of ether oxygens (including phenoxy) is 1. The molecule has 1 fully saturated rings. The van der Waals surface area contributed by atoms with Crippen molar-refractivity contribution in [3.05, 3.63) is 47.7 Å². The summed E-state index contributed by atoms with van der Waals surface area (Å²) in [6, 6.07) is 10.9. The van der Waals surface area contributed by atoms with Gasteiger partial charge in [-0.25, -0.2) is 0 Å². The summed E-state index contributed by atoms with van der Waals surface area (Å²) in [5.41, 5.74) is 10.6. The van der Waals surface area contributed by atoms with Crippen molar-refractivity contribution in [1.29, 1.82) is 0 Å². The van der Waals surface area contributed by atoms with Crippen LogP contribution in [0.1, 0.15) is 24.2 Å². The molecule has 0 bridgehead atoms. The molecular weight excluding hydrogens is 366 g/mol. The molecule has 2 aliphatic rings. The lowest BCUT2D eigenvalue weighted by molar-refractivity contribution is -0.0415. The van der Waals surface area contributed by atoms with Gasteiger partial charge >= 0.3 is 0 Å². The SMILES string of the molecule is Cc1ccc2c(c1-c1ccc3c(N4CCOC[C@@H]4C)nncc3c1)ON(C)C2N. The van der Waals surface area contributed by atoms with Gasteiger partial charge in [0.05, 0.1) is 25.5 Å². The number of hydrogen-bond acceptors (Lipinski definition) is 7. The van der Waals surface area contributed by atoms with E-state index >= 15 is 0 Å². The Bertz CT molecular complexity index is 1090. The minimum absolute atomic E-state index is 0.259. The summed E-state index contributed by atoms with van der Waals surface area (Å²) < 4.78 is 5.58. The number of hydrogen-bond donors (Lipinski definition) is 1. The van der Waals surface area contributed by atoms with Crippen molar-refractivity contribution in [3.63, 3.8) is 0 Å². The van der Waals surface area contributed by atoms with Gasteiger partial charge in [-0.2, -0.15) is 5.10 Å². The second-order valence-electron chi connectivity index (χ2n) is 7.85. The van der Waals surface area contributed by atoms with E-state index in [0.717, 1.165) is 51.1 Å². The molecule has 0 radical (unpaired) electrons. The molecule has 2 atom stereocenters. The molecule has 2 aliphatic heterocycles. The highest BCUT2D eigenvalue weighted by Gasteiger charge is 2.30. The van der Waals surface area contributed by atoms with Crippen molar-refractivity contribution >= 4 is 16.6 Å². The second-order valence-corrected chi connectivity index (χ2v) is 7.85. The van der Waals surface area contributed by atoms with Gasteiger partial charge in [-0.3, -0.25) is 0 Å². The van der Waals surface area contributed by atoms with Crippen LogP contribution < -0.4 is 15.5 Å². The molecule has 0 amide bonds. The van der Waals surface area contributed by atoms with E-state index in [4.69, 9.17) is 15.3 Å². The van der Waals surface area contributed by atoms with Gasteiger partial charge in [0.1, 0.15) is 6.17 Å². The Labute approximate surface area is 170 Å². The topological polar surface area (TPSA) is 76.7 Å². The summed E-state index contributed by atoms with van der Waals surface area (Å²) in [6.45, 7) is 6.48. The molecule has 29 heavy (non-hydrogen) atoms. The molecule has 2 N–H and O–H groups in total. The van der Waals surface area contributed by atoms with Crippen LogP contribution in [0.15, 0.2) is 36.5 Å². The quantitative estimate of drug-likeness (QED) is 0.719. The number of benzene rings is 2. The van der Waals surface area contributed by atoms with E-state index in [1.165, 1.54) is 0 Å². The molecule has 3 heterocycles. The van der Waals surface area contributed by atoms with Crippen molar-refractivity contribution in [2.75, 3.05) is 31.7 Å². The Kier molecular flexibility index (Phi) is 4.38.